The zero-order chi connectivity index (χ0) is 39.6. The first-order valence-corrected chi connectivity index (χ1v) is 16.9. The van der Waals surface area contributed by atoms with E-state index in [1.807, 2.05) is 84.9 Å². The van der Waals surface area contributed by atoms with Gasteiger partial charge >= 0.3 is 0 Å². The monoisotopic (exact) mass is 657 g/mol. The number of aromatic nitrogens is 2. The quantitative estimate of drug-likeness (QED) is 0.185. The van der Waals surface area contributed by atoms with Crippen molar-refractivity contribution in [2.75, 3.05) is 0 Å². The summed E-state index contributed by atoms with van der Waals surface area (Å²) >= 11 is 0. The maximum Gasteiger partial charge on any atom is 0.159 e. The number of para-hydroxylation sites is 4. The van der Waals surface area contributed by atoms with Gasteiger partial charge in [0.15, 0.2) is 5.58 Å². The van der Waals surface area contributed by atoms with E-state index in [1.165, 1.54) is 0 Å². The van der Waals surface area contributed by atoms with Gasteiger partial charge in [-0.05, 0) is 82.8 Å². The number of fused-ring (bicyclic) bond motifs is 9. The standard InChI is InChI=1S/C48H30N2O/c1-2-11-31(12-3-1)32-21-25-35(26-22-32)49-42-17-7-4-13-36(42)40-29-33(23-27-44(40)49)34-24-28-45-41(30-34)37-14-5-8-18-43(37)50(45)46-19-10-16-39-38-15-6-9-20-47(38)51-48(39)46/h1-30H/i5D,8D,14D,18D,24D,28D,30D. The summed E-state index contributed by atoms with van der Waals surface area (Å²) in [6.07, 6.45) is 0. The maximum absolute atomic E-state index is 9.82. The molecule has 3 heteroatoms. The molecular weight excluding hydrogens is 621 g/mol. The molecule has 3 heterocycles. The fourth-order valence-corrected chi connectivity index (χ4v) is 7.65. The van der Waals surface area contributed by atoms with E-state index < -0.39 is 12.1 Å². The molecule has 51 heavy (non-hydrogen) atoms. The third-order valence-corrected chi connectivity index (χ3v) is 9.98. The number of benzene rings is 8. The highest BCUT2D eigenvalue weighted by atomic mass is 16.3. The Labute approximate surface area is 303 Å². The summed E-state index contributed by atoms with van der Waals surface area (Å²) in [6.45, 7) is 0. The summed E-state index contributed by atoms with van der Waals surface area (Å²) in [5, 5.41) is 3.85. The lowest BCUT2D eigenvalue weighted by molar-refractivity contribution is 0.666. The smallest absolute Gasteiger partial charge is 0.159 e. The Bertz CT molecular complexity index is 3530. The molecule has 3 nitrogen and oxygen atoms in total. The van der Waals surface area contributed by atoms with Gasteiger partial charge in [0, 0.05) is 38.0 Å². The van der Waals surface area contributed by atoms with Gasteiger partial charge < -0.3 is 13.6 Å². The molecule has 0 radical (unpaired) electrons. The van der Waals surface area contributed by atoms with Crippen LogP contribution in [0.15, 0.2) is 186 Å². The fourth-order valence-electron chi connectivity index (χ4n) is 7.65. The Morgan fingerprint density at radius 1 is 0.412 bits per heavy atom. The lowest BCUT2D eigenvalue weighted by atomic mass is 10.0. The average Bonchev–Trinajstić information content (AvgIpc) is 3.93. The van der Waals surface area contributed by atoms with E-state index in [0.717, 1.165) is 49.4 Å². The van der Waals surface area contributed by atoms with E-state index in [2.05, 4.69) is 53.1 Å². The Kier molecular flexibility index (Phi) is 4.67. The minimum Gasteiger partial charge on any atom is -0.454 e. The molecule has 238 valence electrons. The van der Waals surface area contributed by atoms with Crippen LogP contribution in [0.1, 0.15) is 9.60 Å². The van der Waals surface area contributed by atoms with Crippen LogP contribution in [0.25, 0.3) is 99.2 Å². The van der Waals surface area contributed by atoms with Gasteiger partial charge in [0.1, 0.15) is 5.58 Å². The molecule has 3 aromatic heterocycles. The zero-order valence-electron chi connectivity index (χ0n) is 34.1. The van der Waals surface area contributed by atoms with E-state index in [0.29, 0.717) is 22.4 Å². The molecule has 11 rings (SSSR count). The second kappa shape index (κ2) is 10.8. The van der Waals surface area contributed by atoms with Crippen LogP contribution < -0.4 is 0 Å². The van der Waals surface area contributed by atoms with Gasteiger partial charge in [-0.25, -0.2) is 0 Å². The molecular formula is C48H30N2O. The van der Waals surface area contributed by atoms with Gasteiger partial charge in [-0.3, -0.25) is 0 Å². The van der Waals surface area contributed by atoms with Crippen molar-refractivity contribution in [2.45, 2.75) is 0 Å². The van der Waals surface area contributed by atoms with Crippen LogP contribution in [-0.4, -0.2) is 9.13 Å². The summed E-state index contributed by atoms with van der Waals surface area (Å²) in [5.74, 6) is 0. The van der Waals surface area contributed by atoms with Gasteiger partial charge in [-0.2, -0.15) is 0 Å². The summed E-state index contributed by atoms with van der Waals surface area (Å²) in [6, 6.07) is 43.8. The third kappa shape index (κ3) is 4.19. The van der Waals surface area contributed by atoms with E-state index in [-0.39, 0.29) is 57.6 Å². The first-order chi connectivity index (χ1) is 28.2. The van der Waals surface area contributed by atoms with Crippen LogP contribution in [0.5, 0.6) is 0 Å². The normalized spacial score (nSPS) is 13.8. The van der Waals surface area contributed by atoms with Crippen molar-refractivity contribution < 1.29 is 14.0 Å². The molecule has 0 saturated carbocycles. The number of furan rings is 1. The van der Waals surface area contributed by atoms with Crippen molar-refractivity contribution in [1.29, 1.82) is 0 Å². The molecule has 0 saturated heterocycles. The van der Waals surface area contributed by atoms with Gasteiger partial charge in [-0.1, -0.05) is 121 Å². The fraction of sp³-hybridized carbons (Fsp3) is 0. The molecule has 0 aliphatic rings. The summed E-state index contributed by atoms with van der Waals surface area (Å²) in [4.78, 5) is 0. The molecule has 0 aliphatic carbocycles. The highest BCUT2D eigenvalue weighted by Gasteiger charge is 2.19. The number of nitrogens with zero attached hydrogens (tertiary/aromatic N) is 2. The molecule has 0 N–H and O–H groups in total. The van der Waals surface area contributed by atoms with Crippen LogP contribution in [0.4, 0.5) is 0 Å². The summed E-state index contributed by atoms with van der Waals surface area (Å²) < 4.78 is 74.8. The highest BCUT2D eigenvalue weighted by molar-refractivity contribution is 6.14. The molecule has 0 unspecified atom stereocenters. The van der Waals surface area contributed by atoms with Crippen LogP contribution in [0, 0.1) is 0 Å². The Morgan fingerprint density at radius 2 is 1.12 bits per heavy atom. The van der Waals surface area contributed by atoms with Crippen LogP contribution >= 0.6 is 0 Å². The van der Waals surface area contributed by atoms with Crippen molar-refractivity contribution in [3.8, 4) is 33.6 Å². The van der Waals surface area contributed by atoms with E-state index in [4.69, 9.17) is 9.90 Å². The Hall–Kier alpha value is -6.84. The number of rotatable bonds is 4. The van der Waals surface area contributed by atoms with Crippen molar-refractivity contribution >= 4 is 65.6 Å². The lowest BCUT2D eigenvalue weighted by Gasteiger charge is -2.10. The lowest BCUT2D eigenvalue weighted by Crippen LogP contribution is -1.94. The van der Waals surface area contributed by atoms with Crippen LogP contribution in [0.2, 0.25) is 0 Å². The predicted molar refractivity (Wildman–Crippen MR) is 213 cm³/mol. The second-order valence-corrected chi connectivity index (χ2v) is 12.8. The minimum atomic E-state index is -0.438. The highest BCUT2D eigenvalue weighted by Crippen LogP contribution is 2.40. The topological polar surface area (TPSA) is 23.0 Å². The SMILES string of the molecule is [2H]c1c([2H])c([2H])c2c(c1[2H])c1c([2H])c(-c3ccc4c(c3)c3ccccc3n4-c3ccc(-c4ccccc4)cc3)c([2H])c([2H])c1n2-c1cccc2c1oc1ccccc12. The van der Waals surface area contributed by atoms with E-state index >= 15 is 0 Å². The molecule has 0 aliphatic heterocycles. The molecule has 0 bridgehead atoms. The molecule has 0 fully saturated rings. The van der Waals surface area contributed by atoms with Gasteiger partial charge in [-0.15, -0.1) is 0 Å². The number of hydrogen-bond acceptors (Lipinski definition) is 1. The third-order valence-electron chi connectivity index (χ3n) is 9.98. The van der Waals surface area contributed by atoms with Crippen LogP contribution in [0.3, 0.4) is 0 Å². The second-order valence-electron chi connectivity index (χ2n) is 12.8. The first-order valence-electron chi connectivity index (χ1n) is 20.4. The summed E-state index contributed by atoms with van der Waals surface area (Å²) in [7, 11) is 0. The molecule has 8 aromatic carbocycles. The van der Waals surface area contributed by atoms with Crippen LogP contribution in [-0.2, 0) is 0 Å². The van der Waals surface area contributed by atoms with Crippen molar-refractivity contribution in [3.05, 3.63) is 182 Å². The van der Waals surface area contributed by atoms with Gasteiger partial charge in [0.05, 0.1) is 37.3 Å². The molecule has 11 aromatic rings. The molecule has 0 atom stereocenters. The van der Waals surface area contributed by atoms with Crippen molar-refractivity contribution in [3.63, 3.8) is 0 Å². The Balaban J connectivity index is 1.18. The average molecular weight is 658 g/mol. The Morgan fingerprint density at radius 3 is 2.02 bits per heavy atom. The summed E-state index contributed by atoms with van der Waals surface area (Å²) in [5.41, 5.74) is 7.74. The van der Waals surface area contributed by atoms with E-state index in [9.17, 15) is 4.11 Å². The predicted octanol–water partition coefficient (Wildman–Crippen LogP) is 13.1. The van der Waals surface area contributed by atoms with Crippen molar-refractivity contribution in [2.24, 2.45) is 0 Å². The molecule has 0 spiro atoms. The van der Waals surface area contributed by atoms with Crippen molar-refractivity contribution in [1.82, 2.24) is 9.13 Å². The maximum atomic E-state index is 9.82. The van der Waals surface area contributed by atoms with Gasteiger partial charge in [0.25, 0.3) is 0 Å². The zero-order valence-corrected chi connectivity index (χ0v) is 27.1. The van der Waals surface area contributed by atoms with Gasteiger partial charge in [0.2, 0.25) is 0 Å². The van der Waals surface area contributed by atoms with E-state index in [1.54, 1.807) is 10.6 Å². The number of hydrogen-bond donors (Lipinski definition) is 0. The molecule has 0 amide bonds. The first kappa shape index (κ1) is 22.0. The largest absolute Gasteiger partial charge is 0.454 e. The minimum absolute atomic E-state index is 0.0962.